The molecule has 3 aromatic rings. The smallest absolute Gasteiger partial charge is 0.338 e. The Hall–Kier alpha value is -4.03. The summed E-state index contributed by atoms with van der Waals surface area (Å²) in [7, 11) is 0. The molecule has 1 aliphatic heterocycles. The van der Waals surface area contributed by atoms with Crippen molar-refractivity contribution in [3.05, 3.63) is 96.4 Å². The maximum absolute atomic E-state index is 14.8. The van der Waals surface area contributed by atoms with Gasteiger partial charge in [-0.25, -0.2) is 13.6 Å². The number of allylic oxidation sites excluding steroid dienone is 1. The van der Waals surface area contributed by atoms with Gasteiger partial charge >= 0.3 is 5.97 Å². The van der Waals surface area contributed by atoms with Crippen molar-refractivity contribution < 1.29 is 18.3 Å². The van der Waals surface area contributed by atoms with Gasteiger partial charge in [0, 0.05) is 11.1 Å². The summed E-state index contributed by atoms with van der Waals surface area (Å²) in [5.41, 5.74) is 5.55. The topological polar surface area (TPSA) is 98.1 Å². The second-order valence-corrected chi connectivity index (χ2v) is 8.11. The number of hydrogen-bond acceptors (Lipinski definition) is 6. The first kappa shape index (κ1) is 22.2. The molecule has 0 fully saturated rings. The number of nitriles is 1. The fraction of sp³-hybridized carbons (Fsp3) is 0.125. The van der Waals surface area contributed by atoms with Gasteiger partial charge in [-0.1, -0.05) is 36.4 Å². The van der Waals surface area contributed by atoms with Crippen LogP contribution in [0, 0.1) is 23.0 Å². The molecule has 1 unspecified atom stereocenters. The lowest BCUT2D eigenvalue weighted by molar-refractivity contribution is -0.136. The van der Waals surface area contributed by atoms with Crippen LogP contribution in [0.5, 0.6) is 0 Å². The van der Waals surface area contributed by atoms with E-state index in [2.05, 4.69) is 0 Å². The Morgan fingerprint density at radius 1 is 1.21 bits per heavy atom. The van der Waals surface area contributed by atoms with Crippen LogP contribution in [0.4, 0.5) is 8.78 Å². The maximum atomic E-state index is 14.8. The Morgan fingerprint density at radius 2 is 1.88 bits per heavy atom. The van der Waals surface area contributed by atoms with Gasteiger partial charge in [0.1, 0.15) is 22.1 Å². The average molecular weight is 465 g/mol. The van der Waals surface area contributed by atoms with Crippen LogP contribution in [-0.4, -0.2) is 17.1 Å². The summed E-state index contributed by atoms with van der Waals surface area (Å²) < 4.78 is 35.4. The lowest BCUT2D eigenvalue weighted by Crippen LogP contribution is -2.40. The van der Waals surface area contributed by atoms with Crippen molar-refractivity contribution in [3.63, 3.8) is 0 Å². The van der Waals surface area contributed by atoms with Crippen molar-refractivity contribution in [2.75, 3.05) is 6.61 Å². The van der Waals surface area contributed by atoms with E-state index in [0.717, 1.165) is 15.9 Å². The zero-order chi connectivity index (χ0) is 23.7. The Kier molecular flexibility index (Phi) is 5.94. The number of nitrogens with two attached hydrogens (primary N) is 1. The van der Waals surface area contributed by atoms with Gasteiger partial charge in [0.05, 0.1) is 34.3 Å². The van der Waals surface area contributed by atoms with Crippen molar-refractivity contribution in [2.45, 2.75) is 12.8 Å². The fourth-order valence-electron chi connectivity index (χ4n) is 3.71. The van der Waals surface area contributed by atoms with Crippen molar-refractivity contribution in [2.24, 2.45) is 5.73 Å². The largest absolute Gasteiger partial charge is 0.463 e. The molecule has 0 spiro atoms. The standard InChI is InChI=1S/C24H17F2N3O3S/c1-2-32-24(31)20-19(14-8-4-6-10-17(14)26)15(12-27)21(28)29-22(30)18(33-23(20)29)11-13-7-3-5-9-16(13)25/h3-11,19H,2,28H2,1H3. The molecule has 2 heterocycles. The molecule has 9 heteroatoms. The SMILES string of the molecule is CCOC(=O)C1=c2sc(=Cc3ccccc3F)c(=O)n2C(N)=C(C#N)C1c1ccccc1F. The fourth-order valence-corrected chi connectivity index (χ4v) is 4.86. The van der Waals surface area contributed by atoms with Crippen molar-refractivity contribution >= 4 is 34.8 Å². The van der Waals surface area contributed by atoms with Gasteiger partial charge in [0.25, 0.3) is 5.56 Å². The monoisotopic (exact) mass is 465 g/mol. The normalized spacial score (nSPS) is 15.9. The molecule has 0 saturated heterocycles. The first-order valence-electron chi connectivity index (χ1n) is 9.93. The summed E-state index contributed by atoms with van der Waals surface area (Å²) in [6.45, 7) is 1.63. The third-order valence-corrected chi connectivity index (χ3v) is 6.28. The van der Waals surface area contributed by atoms with Crippen LogP contribution < -0.4 is 20.5 Å². The van der Waals surface area contributed by atoms with Crippen LogP contribution in [0.2, 0.25) is 0 Å². The number of carbonyl (C=O) groups is 1. The summed E-state index contributed by atoms with van der Waals surface area (Å²) in [5.74, 6) is -3.38. The average Bonchev–Trinajstić information content (AvgIpc) is 3.11. The lowest BCUT2D eigenvalue weighted by Gasteiger charge is -2.24. The van der Waals surface area contributed by atoms with Gasteiger partial charge in [-0.3, -0.25) is 9.36 Å². The quantitative estimate of drug-likeness (QED) is 0.596. The molecule has 4 rings (SSSR count). The lowest BCUT2D eigenvalue weighted by atomic mass is 9.83. The van der Waals surface area contributed by atoms with Gasteiger partial charge in [-0.05, 0) is 25.1 Å². The number of esters is 1. The molecule has 1 atom stereocenters. The van der Waals surface area contributed by atoms with E-state index in [4.69, 9.17) is 10.5 Å². The highest BCUT2D eigenvalue weighted by molar-refractivity contribution is 7.07. The zero-order valence-electron chi connectivity index (χ0n) is 17.3. The highest BCUT2D eigenvalue weighted by Crippen LogP contribution is 2.37. The molecule has 2 aromatic carbocycles. The molecule has 6 nitrogen and oxygen atoms in total. The van der Waals surface area contributed by atoms with E-state index in [1.165, 1.54) is 42.5 Å². The van der Waals surface area contributed by atoms with E-state index in [0.29, 0.717) is 0 Å². The third kappa shape index (κ3) is 3.75. The van der Waals surface area contributed by atoms with Crippen LogP contribution in [0.15, 0.2) is 58.9 Å². The van der Waals surface area contributed by atoms with Crippen molar-refractivity contribution in [1.82, 2.24) is 4.57 Å². The van der Waals surface area contributed by atoms with Crippen molar-refractivity contribution in [1.29, 1.82) is 5.26 Å². The maximum Gasteiger partial charge on any atom is 0.338 e. The molecule has 1 aliphatic rings. The zero-order valence-corrected chi connectivity index (χ0v) is 18.2. The number of hydrogen-bond donors (Lipinski definition) is 1. The molecule has 33 heavy (non-hydrogen) atoms. The molecular formula is C24H17F2N3O3S. The van der Waals surface area contributed by atoms with E-state index >= 15 is 0 Å². The van der Waals surface area contributed by atoms with Crippen LogP contribution in [-0.2, 0) is 9.53 Å². The molecule has 2 N–H and O–H groups in total. The summed E-state index contributed by atoms with van der Waals surface area (Å²) in [6, 6.07) is 13.5. The highest BCUT2D eigenvalue weighted by Gasteiger charge is 2.37. The van der Waals surface area contributed by atoms with Gasteiger partial charge in [0.2, 0.25) is 0 Å². The number of carbonyl (C=O) groups excluding carboxylic acids is 1. The van der Waals surface area contributed by atoms with Crippen molar-refractivity contribution in [3.8, 4) is 6.07 Å². The number of ether oxygens (including phenoxy) is 1. The first-order chi connectivity index (χ1) is 15.9. The number of rotatable bonds is 4. The third-order valence-electron chi connectivity index (χ3n) is 5.17. The summed E-state index contributed by atoms with van der Waals surface area (Å²) in [4.78, 5) is 26.2. The second-order valence-electron chi connectivity index (χ2n) is 7.08. The number of halogens is 2. The van der Waals surface area contributed by atoms with Gasteiger partial charge in [-0.15, -0.1) is 11.3 Å². The molecule has 166 valence electrons. The van der Waals surface area contributed by atoms with Crippen LogP contribution >= 0.6 is 11.3 Å². The molecular weight excluding hydrogens is 448 g/mol. The number of nitrogens with zero attached hydrogens (tertiary/aromatic N) is 2. The highest BCUT2D eigenvalue weighted by atomic mass is 32.1. The van der Waals surface area contributed by atoms with E-state index in [-0.39, 0.29) is 43.9 Å². The first-order valence-corrected chi connectivity index (χ1v) is 10.7. The molecule has 0 radical (unpaired) electrons. The van der Waals surface area contributed by atoms with Gasteiger partial charge in [0.15, 0.2) is 0 Å². The van der Waals surface area contributed by atoms with E-state index in [1.54, 1.807) is 19.1 Å². The number of aromatic nitrogens is 1. The van der Waals surface area contributed by atoms with E-state index < -0.39 is 29.1 Å². The van der Waals surface area contributed by atoms with Crippen LogP contribution in [0.3, 0.4) is 0 Å². The summed E-state index contributed by atoms with van der Waals surface area (Å²) in [6.07, 6.45) is 1.34. The molecule has 0 bridgehead atoms. The number of benzene rings is 2. The minimum atomic E-state index is -1.17. The predicted molar refractivity (Wildman–Crippen MR) is 120 cm³/mol. The minimum Gasteiger partial charge on any atom is -0.463 e. The minimum absolute atomic E-state index is 0.0250. The summed E-state index contributed by atoms with van der Waals surface area (Å²) >= 11 is 0.893. The number of thiazole rings is 1. The summed E-state index contributed by atoms with van der Waals surface area (Å²) in [5, 5.41) is 9.86. The number of fused-ring (bicyclic) bond motifs is 1. The predicted octanol–water partition coefficient (Wildman–Crippen LogP) is 2.18. The molecule has 1 aromatic heterocycles. The Morgan fingerprint density at radius 3 is 2.52 bits per heavy atom. The van der Waals surface area contributed by atoms with E-state index in [1.807, 2.05) is 6.07 Å². The Labute approximate surface area is 190 Å². The van der Waals surface area contributed by atoms with Gasteiger partial charge in [-0.2, -0.15) is 5.26 Å². The van der Waals surface area contributed by atoms with Gasteiger partial charge < -0.3 is 10.5 Å². The molecule has 0 aliphatic carbocycles. The Bertz CT molecular complexity index is 1530. The second kappa shape index (κ2) is 8.84. The van der Waals surface area contributed by atoms with E-state index in [9.17, 15) is 23.6 Å². The van der Waals surface area contributed by atoms with Crippen LogP contribution in [0.25, 0.3) is 17.5 Å². The molecule has 0 saturated carbocycles. The molecule has 0 amide bonds. The van der Waals surface area contributed by atoms with Crippen LogP contribution in [0.1, 0.15) is 24.0 Å². The Balaban J connectivity index is 2.14.